The largest absolute Gasteiger partial charge is 0.497 e. The fourth-order valence-corrected chi connectivity index (χ4v) is 3.62. The number of carbonyl (C=O) groups is 1. The van der Waals surface area contributed by atoms with Crippen LogP contribution in [0.1, 0.15) is 10.8 Å². The van der Waals surface area contributed by atoms with Crippen molar-refractivity contribution in [1.82, 2.24) is 9.97 Å². The summed E-state index contributed by atoms with van der Waals surface area (Å²) in [5.74, 6) is 0.322. The topological polar surface area (TPSA) is 64.2 Å². The maximum Gasteiger partial charge on any atom is 0.323 e. The number of aromatic amines is 1. The number of nitrogens with zero attached hydrogens (tertiary/aromatic N) is 1. The van der Waals surface area contributed by atoms with Gasteiger partial charge in [-0.1, -0.05) is 41.0 Å². The van der Waals surface area contributed by atoms with Crippen LogP contribution in [0, 0.1) is 0 Å². The second-order valence-corrected chi connectivity index (χ2v) is 7.03. The first-order valence-electron chi connectivity index (χ1n) is 7.25. The van der Waals surface area contributed by atoms with Gasteiger partial charge in [-0.05, 0) is 29.8 Å². The maximum absolute atomic E-state index is 12.2. The van der Waals surface area contributed by atoms with E-state index in [0.29, 0.717) is 20.8 Å². The van der Waals surface area contributed by atoms with Crippen LogP contribution in [0.25, 0.3) is 11.0 Å². The minimum absolute atomic E-state index is 0.378. The first kappa shape index (κ1) is 17.9. The Morgan fingerprint density at radius 1 is 1.16 bits per heavy atom. The van der Waals surface area contributed by atoms with Crippen LogP contribution >= 0.6 is 35.0 Å². The molecule has 8 heteroatoms. The summed E-state index contributed by atoms with van der Waals surface area (Å²) in [6.45, 7) is 0. The number of thioether (sulfide) groups is 1. The van der Waals surface area contributed by atoms with Gasteiger partial charge < -0.3 is 14.5 Å². The Hall–Kier alpha value is -1.89. The Morgan fingerprint density at radius 2 is 1.96 bits per heavy atom. The van der Waals surface area contributed by atoms with Gasteiger partial charge in [0.05, 0.1) is 35.3 Å². The van der Waals surface area contributed by atoms with E-state index in [0.717, 1.165) is 16.8 Å². The molecule has 0 radical (unpaired) electrons. The van der Waals surface area contributed by atoms with Gasteiger partial charge in [0.2, 0.25) is 0 Å². The van der Waals surface area contributed by atoms with Crippen LogP contribution in [-0.2, 0) is 9.53 Å². The Kier molecular flexibility index (Phi) is 5.42. The van der Waals surface area contributed by atoms with Gasteiger partial charge in [0.15, 0.2) is 5.16 Å². The van der Waals surface area contributed by atoms with Gasteiger partial charge in [0.25, 0.3) is 0 Å². The Morgan fingerprint density at radius 3 is 2.64 bits per heavy atom. The number of H-pyrrole nitrogens is 1. The van der Waals surface area contributed by atoms with Crippen molar-refractivity contribution in [2.75, 3.05) is 14.2 Å². The zero-order valence-corrected chi connectivity index (χ0v) is 15.7. The number of imidazole rings is 1. The fourth-order valence-electron chi connectivity index (χ4n) is 2.29. The van der Waals surface area contributed by atoms with E-state index in [9.17, 15) is 4.79 Å². The zero-order chi connectivity index (χ0) is 18.0. The molecule has 0 spiro atoms. The summed E-state index contributed by atoms with van der Waals surface area (Å²) in [5, 5.41) is 0.768. The van der Waals surface area contributed by atoms with Crippen LogP contribution in [0.15, 0.2) is 41.6 Å². The second kappa shape index (κ2) is 7.56. The SMILES string of the molecule is COC(=O)C(Sc1nc2ccc(OC)cc2[nH]1)c1ccc(Cl)c(Cl)c1. The highest BCUT2D eigenvalue weighted by Crippen LogP contribution is 2.38. The number of hydrogen-bond acceptors (Lipinski definition) is 5. The molecule has 0 saturated carbocycles. The van der Waals surface area contributed by atoms with Crippen molar-refractivity contribution in [2.24, 2.45) is 0 Å². The lowest BCUT2D eigenvalue weighted by Gasteiger charge is -2.13. The molecule has 0 amide bonds. The Labute approximate surface area is 158 Å². The van der Waals surface area contributed by atoms with Gasteiger partial charge in [-0.25, -0.2) is 4.98 Å². The second-order valence-electron chi connectivity index (χ2n) is 5.12. The van der Waals surface area contributed by atoms with E-state index in [-0.39, 0.29) is 0 Å². The molecule has 0 aliphatic heterocycles. The first-order chi connectivity index (χ1) is 12.0. The van der Waals surface area contributed by atoms with Gasteiger partial charge >= 0.3 is 5.97 Å². The van der Waals surface area contributed by atoms with Crippen molar-refractivity contribution in [3.8, 4) is 5.75 Å². The summed E-state index contributed by atoms with van der Waals surface area (Å²) in [7, 11) is 2.95. The van der Waals surface area contributed by atoms with Crippen LogP contribution in [0.3, 0.4) is 0 Å². The van der Waals surface area contributed by atoms with Gasteiger partial charge in [-0.15, -0.1) is 0 Å². The number of fused-ring (bicyclic) bond motifs is 1. The molecule has 0 bridgehead atoms. The average molecular weight is 397 g/mol. The van der Waals surface area contributed by atoms with Crippen LogP contribution < -0.4 is 4.74 Å². The van der Waals surface area contributed by atoms with Crippen LogP contribution in [0.4, 0.5) is 0 Å². The first-order valence-corrected chi connectivity index (χ1v) is 8.88. The fraction of sp³-hybridized carbons (Fsp3) is 0.176. The van der Waals surface area contributed by atoms with Crippen molar-refractivity contribution in [3.63, 3.8) is 0 Å². The third-order valence-corrected chi connectivity index (χ3v) is 5.41. The van der Waals surface area contributed by atoms with Crippen LogP contribution in [-0.4, -0.2) is 30.2 Å². The van der Waals surface area contributed by atoms with Gasteiger partial charge in [0.1, 0.15) is 11.0 Å². The van der Waals surface area contributed by atoms with Crippen molar-refractivity contribution < 1.29 is 14.3 Å². The highest BCUT2D eigenvalue weighted by atomic mass is 35.5. The molecular formula is C17H14Cl2N2O3S. The monoisotopic (exact) mass is 396 g/mol. The third-order valence-electron chi connectivity index (χ3n) is 3.56. The van der Waals surface area contributed by atoms with E-state index >= 15 is 0 Å². The molecule has 1 unspecified atom stereocenters. The summed E-state index contributed by atoms with van der Waals surface area (Å²) in [5.41, 5.74) is 2.28. The van der Waals surface area contributed by atoms with E-state index in [1.165, 1.54) is 18.9 Å². The molecule has 1 heterocycles. The zero-order valence-electron chi connectivity index (χ0n) is 13.4. The third kappa shape index (κ3) is 3.86. The minimum Gasteiger partial charge on any atom is -0.497 e. The van der Waals surface area contributed by atoms with Gasteiger partial charge in [-0.2, -0.15) is 0 Å². The Bertz CT molecular complexity index is 929. The molecule has 1 atom stereocenters. The number of methoxy groups -OCH3 is 2. The maximum atomic E-state index is 12.2. The molecular weight excluding hydrogens is 383 g/mol. The predicted octanol–water partition coefficient (Wildman–Crippen LogP) is 4.88. The number of esters is 1. The summed E-state index contributed by atoms with van der Waals surface area (Å²) in [4.78, 5) is 19.9. The Balaban J connectivity index is 1.95. The van der Waals surface area contributed by atoms with Crippen molar-refractivity contribution in [2.45, 2.75) is 10.4 Å². The van der Waals surface area contributed by atoms with E-state index in [1.54, 1.807) is 25.3 Å². The number of ether oxygens (including phenoxy) is 2. The van der Waals surface area contributed by atoms with E-state index in [1.807, 2.05) is 18.2 Å². The number of halogens is 2. The lowest BCUT2D eigenvalue weighted by atomic mass is 10.1. The number of benzene rings is 2. The van der Waals surface area contributed by atoms with E-state index < -0.39 is 11.2 Å². The molecule has 1 N–H and O–H groups in total. The van der Waals surface area contributed by atoms with E-state index in [2.05, 4.69) is 9.97 Å². The normalized spacial score (nSPS) is 12.2. The summed E-state index contributed by atoms with van der Waals surface area (Å²) < 4.78 is 10.1. The van der Waals surface area contributed by atoms with Gasteiger partial charge in [-0.3, -0.25) is 4.79 Å². The van der Waals surface area contributed by atoms with Crippen molar-refractivity contribution >= 4 is 52.0 Å². The number of rotatable bonds is 5. The van der Waals surface area contributed by atoms with E-state index in [4.69, 9.17) is 32.7 Å². The van der Waals surface area contributed by atoms with Crippen LogP contribution in [0.5, 0.6) is 5.75 Å². The van der Waals surface area contributed by atoms with Crippen LogP contribution in [0.2, 0.25) is 10.0 Å². The molecule has 25 heavy (non-hydrogen) atoms. The number of carbonyl (C=O) groups excluding carboxylic acids is 1. The number of aromatic nitrogens is 2. The predicted molar refractivity (Wildman–Crippen MR) is 99.7 cm³/mol. The molecule has 3 aromatic rings. The molecule has 1 aromatic heterocycles. The quantitative estimate of drug-likeness (QED) is 0.491. The van der Waals surface area contributed by atoms with Gasteiger partial charge in [0, 0.05) is 6.07 Å². The average Bonchev–Trinajstić information content (AvgIpc) is 3.03. The smallest absolute Gasteiger partial charge is 0.323 e. The van der Waals surface area contributed by atoms with Crippen molar-refractivity contribution in [3.05, 3.63) is 52.0 Å². The molecule has 0 saturated heterocycles. The van der Waals surface area contributed by atoms with Crippen molar-refractivity contribution in [1.29, 1.82) is 0 Å². The lowest BCUT2D eigenvalue weighted by Crippen LogP contribution is -2.11. The molecule has 0 aliphatic carbocycles. The summed E-state index contributed by atoms with van der Waals surface area (Å²) in [6.07, 6.45) is 0. The lowest BCUT2D eigenvalue weighted by molar-refractivity contribution is -0.140. The molecule has 0 fully saturated rings. The number of hydrogen-bond donors (Lipinski definition) is 1. The molecule has 5 nitrogen and oxygen atoms in total. The minimum atomic E-state index is -0.623. The standard InChI is InChI=1S/C17H14Cl2N2O3S/c1-23-10-4-6-13-14(8-10)21-17(20-13)25-15(16(22)24-2)9-3-5-11(18)12(19)7-9/h3-8,15H,1-2H3,(H,20,21). The molecule has 3 rings (SSSR count). The highest BCUT2D eigenvalue weighted by molar-refractivity contribution is 8.00. The molecule has 130 valence electrons. The molecule has 0 aliphatic rings. The number of nitrogens with one attached hydrogen (secondary N) is 1. The molecule has 2 aromatic carbocycles. The summed E-state index contributed by atoms with van der Waals surface area (Å²) >= 11 is 13.3. The summed E-state index contributed by atoms with van der Waals surface area (Å²) in [6, 6.07) is 10.6. The highest BCUT2D eigenvalue weighted by Gasteiger charge is 2.25.